The molecule has 0 bridgehead atoms. The van der Waals surface area contributed by atoms with Crippen molar-refractivity contribution in [2.24, 2.45) is 0 Å². The summed E-state index contributed by atoms with van der Waals surface area (Å²) in [7, 11) is -1.73. The minimum atomic E-state index is -1.73. The van der Waals surface area contributed by atoms with Crippen LogP contribution >= 0.6 is 0 Å². The maximum atomic E-state index is 6.38. The summed E-state index contributed by atoms with van der Waals surface area (Å²) in [6, 6.07) is 8.64. The molecule has 0 radical (unpaired) electrons. The molecule has 0 unspecified atom stereocenters. The fourth-order valence-electron chi connectivity index (χ4n) is 2.14. The van der Waals surface area contributed by atoms with Crippen LogP contribution in [0.15, 0.2) is 30.3 Å². The van der Waals surface area contributed by atoms with Crippen molar-refractivity contribution in [3.05, 3.63) is 35.9 Å². The van der Waals surface area contributed by atoms with E-state index in [9.17, 15) is 0 Å². The van der Waals surface area contributed by atoms with E-state index in [-0.39, 0.29) is 5.04 Å². The monoisotopic (exact) mass is 274 g/mol. The second-order valence-corrected chi connectivity index (χ2v) is 11.7. The third-order valence-electron chi connectivity index (χ3n) is 4.42. The Labute approximate surface area is 118 Å². The van der Waals surface area contributed by atoms with Gasteiger partial charge in [-0.2, -0.15) is 0 Å². The fourth-order valence-corrected chi connectivity index (χ4v) is 3.16. The molecule has 1 aliphatic rings. The highest BCUT2D eigenvalue weighted by Crippen LogP contribution is 2.38. The molecule has 0 amide bonds. The molecule has 1 aromatic rings. The van der Waals surface area contributed by atoms with Crippen molar-refractivity contribution < 1.29 is 4.43 Å². The van der Waals surface area contributed by atoms with Crippen LogP contribution in [-0.4, -0.2) is 8.32 Å². The van der Waals surface area contributed by atoms with Crippen molar-refractivity contribution in [1.82, 2.24) is 0 Å². The Morgan fingerprint density at radius 2 is 1.89 bits per heavy atom. The van der Waals surface area contributed by atoms with Crippen LogP contribution in [0.5, 0.6) is 5.75 Å². The number of benzene rings is 1. The Hall–Kier alpha value is -1.02. The quantitative estimate of drug-likeness (QED) is 0.648. The maximum absolute atomic E-state index is 6.38. The smallest absolute Gasteiger partial charge is 0.250 e. The van der Waals surface area contributed by atoms with E-state index in [1.807, 2.05) is 0 Å². The molecule has 0 saturated carbocycles. The van der Waals surface area contributed by atoms with Crippen molar-refractivity contribution in [2.45, 2.75) is 58.2 Å². The van der Waals surface area contributed by atoms with Crippen molar-refractivity contribution in [3.63, 3.8) is 0 Å². The topological polar surface area (TPSA) is 9.23 Å². The molecule has 0 fully saturated rings. The molecule has 0 heterocycles. The molecule has 0 N–H and O–H groups in total. The average Bonchev–Trinajstić information content (AvgIpc) is 2.80. The van der Waals surface area contributed by atoms with Crippen LogP contribution in [0.3, 0.4) is 0 Å². The van der Waals surface area contributed by atoms with Crippen LogP contribution < -0.4 is 4.43 Å². The summed E-state index contributed by atoms with van der Waals surface area (Å²) < 4.78 is 6.38. The van der Waals surface area contributed by atoms with Crippen LogP contribution in [-0.2, 0) is 0 Å². The lowest BCUT2D eigenvalue weighted by molar-refractivity contribution is 0.492. The number of hydrogen-bond donors (Lipinski definition) is 0. The molecule has 104 valence electrons. The summed E-state index contributed by atoms with van der Waals surface area (Å²) in [6.45, 7) is 11.4. The number of hydrogen-bond acceptors (Lipinski definition) is 1. The molecule has 0 spiro atoms. The minimum Gasteiger partial charge on any atom is -0.543 e. The zero-order valence-corrected chi connectivity index (χ0v) is 13.9. The second-order valence-electron chi connectivity index (χ2n) is 7.01. The molecule has 19 heavy (non-hydrogen) atoms. The van der Waals surface area contributed by atoms with Gasteiger partial charge in [0.05, 0.1) is 0 Å². The minimum absolute atomic E-state index is 0.246. The van der Waals surface area contributed by atoms with Crippen LogP contribution in [0.2, 0.25) is 18.1 Å². The first-order chi connectivity index (χ1) is 8.79. The van der Waals surface area contributed by atoms with Gasteiger partial charge in [-0.05, 0) is 60.7 Å². The zero-order chi connectivity index (χ0) is 14.1. The third kappa shape index (κ3) is 3.30. The first-order valence-electron chi connectivity index (χ1n) is 7.28. The van der Waals surface area contributed by atoms with Gasteiger partial charge in [0.25, 0.3) is 0 Å². The van der Waals surface area contributed by atoms with Crippen LogP contribution in [0, 0.1) is 0 Å². The highest BCUT2D eigenvalue weighted by Gasteiger charge is 2.38. The van der Waals surface area contributed by atoms with Crippen molar-refractivity contribution in [1.29, 1.82) is 0 Å². The van der Waals surface area contributed by atoms with E-state index in [1.165, 1.54) is 30.4 Å². The van der Waals surface area contributed by atoms with Gasteiger partial charge in [-0.15, -0.1) is 0 Å². The lowest BCUT2D eigenvalue weighted by atomic mass is 10.1. The Bertz CT molecular complexity index is 480. The van der Waals surface area contributed by atoms with E-state index in [0.717, 1.165) is 5.75 Å². The van der Waals surface area contributed by atoms with Crippen molar-refractivity contribution >= 4 is 13.9 Å². The van der Waals surface area contributed by atoms with Gasteiger partial charge in [0, 0.05) is 0 Å². The maximum Gasteiger partial charge on any atom is 0.250 e. The van der Waals surface area contributed by atoms with E-state index in [4.69, 9.17) is 4.43 Å². The second kappa shape index (κ2) is 5.16. The van der Waals surface area contributed by atoms with Gasteiger partial charge in [-0.1, -0.05) is 39.0 Å². The molecule has 0 aliphatic heterocycles. The molecule has 2 rings (SSSR count). The lowest BCUT2D eigenvalue weighted by Gasteiger charge is -2.36. The molecule has 1 aliphatic carbocycles. The highest BCUT2D eigenvalue weighted by atomic mass is 28.4. The molecular formula is C17H26OSi. The van der Waals surface area contributed by atoms with E-state index in [2.05, 4.69) is 64.2 Å². The lowest BCUT2D eigenvalue weighted by Crippen LogP contribution is -2.43. The Morgan fingerprint density at radius 1 is 1.16 bits per heavy atom. The summed E-state index contributed by atoms with van der Waals surface area (Å²) in [5, 5.41) is 0.246. The molecule has 0 atom stereocenters. The van der Waals surface area contributed by atoms with E-state index < -0.39 is 8.32 Å². The Kier molecular flexibility index (Phi) is 3.91. The van der Waals surface area contributed by atoms with Gasteiger partial charge in [0.1, 0.15) is 5.75 Å². The van der Waals surface area contributed by atoms with Gasteiger partial charge < -0.3 is 4.43 Å². The largest absolute Gasteiger partial charge is 0.543 e. The zero-order valence-electron chi connectivity index (χ0n) is 12.9. The molecule has 0 saturated heterocycles. The first kappa shape index (κ1) is 14.4. The van der Waals surface area contributed by atoms with E-state index >= 15 is 0 Å². The van der Waals surface area contributed by atoms with Crippen LogP contribution in [0.1, 0.15) is 45.6 Å². The average molecular weight is 274 g/mol. The van der Waals surface area contributed by atoms with Gasteiger partial charge in [-0.25, -0.2) is 0 Å². The number of rotatable bonds is 3. The Balaban J connectivity index is 2.20. The third-order valence-corrected chi connectivity index (χ3v) is 8.78. The van der Waals surface area contributed by atoms with Gasteiger partial charge in [0.2, 0.25) is 8.32 Å². The van der Waals surface area contributed by atoms with Crippen LogP contribution in [0.25, 0.3) is 5.57 Å². The molecule has 1 aromatic carbocycles. The highest BCUT2D eigenvalue weighted by molar-refractivity contribution is 6.74. The summed E-state index contributed by atoms with van der Waals surface area (Å²) in [4.78, 5) is 0. The SMILES string of the molecule is CC(C)(C)[Si](C)(C)Oc1cccc(C2=CCCC2)c1. The van der Waals surface area contributed by atoms with Gasteiger partial charge in [-0.3, -0.25) is 0 Å². The van der Waals surface area contributed by atoms with E-state index in [1.54, 1.807) is 0 Å². The predicted octanol–water partition coefficient (Wildman–Crippen LogP) is 5.64. The molecule has 1 nitrogen and oxygen atoms in total. The first-order valence-corrected chi connectivity index (χ1v) is 10.2. The normalized spacial score (nSPS) is 16.4. The summed E-state index contributed by atoms with van der Waals surface area (Å²) >= 11 is 0. The van der Waals surface area contributed by atoms with Gasteiger partial charge in [0.15, 0.2) is 0 Å². The Morgan fingerprint density at radius 3 is 2.47 bits per heavy atom. The standard InChI is InChI=1S/C17H26OSi/c1-17(2,3)19(4,5)18-16-12-8-11-15(13-16)14-9-6-7-10-14/h8-9,11-13H,6-7,10H2,1-5H3. The summed E-state index contributed by atoms with van der Waals surface area (Å²) in [6.07, 6.45) is 6.10. The molecule has 0 aromatic heterocycles. The molecular weight excluding hydrogens is 248 g/mol. The van der Waals surface area contributed by atoms with E-state index in [0.29, 0.717) is 0 Å². The fraction of sp³-hybridized carbons (Fsp3) is 0.529. The van der Waals surface area contributed by atoms with Crippen molar-refractivity contribution in [3.8, 4) is 5.75 Å². The predicted molar refractivity (Wildman–Crippen MR) is 86.1 cm³/mol. The van der Waals surface area contributed by atoms with Crippen LogP contribution in [0.4, 0.5) is 0 Å². The summed E-state index contributed by atoms with van der Waals surface area (Å²) in [5.41, 5.74) is 2.83. The van der Waals surface area contributed by atoms with Crippen molar-refractivity contribution in [2.75, 3.05) is 0 Å². The van der Waals surface area contributed by atoms with Gasteiger partial charge >= 0.3 is 0 Å². The summed E-state index contributed by atoms with van der Waals surface area (Å²) in [5.74, 6) is 1.04. The number of allylic oxidation sites excluding steroid dienone is 2. The molecule has 2 heteroatoms.